The van der Waals surface area contributed by atoms with Crippen LogP contribution in [0.2, 0.25) is 0 Å². The molecule has 0 bridgehead atoms. The molecule has 3 unspecified atom stereocenters. The Balaban J connectivity index is 1.56. The quantitative estimate of drug-likeness (QED) is 0.338. The summed E-state index contributed by atoms with van der Waals surface area (Å²) in [6.45, 7) is 6.78. The zero-order chi connectivity index (χ0) is 16.3. The van der Waals surface area contributed by atoms with Crippen molar-refractivity contribution in [3.63, 3.8) is 0 Å². The van der Waals surface area contributed by atoms with Gasteiger partial charge in [-0.15, -0.1) is 0 Å². The standard InChI is InChI=1S/C17H33N3O3/c1-2-18-17(20-12-14-6-3-8-16(14)21)19-9-5-10-22-13-15-7-4-11-23-15/h14-16,21H,2-13H2,1H3,(H2,18,19,20). The predicted octanol–water partition coefficient (Wildman–Crippen LogP) is 1.29. The van der Waals surface area contributed by atoms with Crippen molar-refractivity contribution in [1.29, 1.82) is 0 Å². The predicted molar refractivity (Wildman–Crippen MR) is 91.7 cm³/mol. The fourth-order valence-corrected chi connectivity index (χ4v) is 3.15. The van der Waals surface area contributed by atoms with E-state index >= 15 is 0 Å². The highest BCUT2D eigenvalue weighted by Crippen LogP contribution is 2.25. The lowest BCUT2D eigenvalue weighted by atomic mass is 10.1. The first kappa shape index (κ1) is 18.5. The smallest absolute Gasteiger partial charge is 0.191 e. The largest absolute Gasteiger partial charge is 0.393 e. The van der Waals surface area contributed by atoms with Crippen LogP contribution in [0.3, 0.4) is 0 Å². The average molecular weight is 327 g/mol. The fourth-order valence-electron chi connectivity index (χ4n) is 3.15. The highest BCUT2D eigenvalue weighted by molar-refractivity contribution is 5.79. The summed E-state index contributed by atoms with van der Waals surface area (Å²) in [6, 6.07) is 0. The molecule has 6 heteroatoms. The number of aliphatic hydroxyl groups is 1. The second-order valence-electron chi connectivity index (χ2n) is 6.47. The Morgan fingerprint density at radius 2 is 2.17 bits per heavy atom. The Morgan fingerprint density at radius 1 is 1.26 bits per heavy atom. The first-order valence-electron chi connectivity index (χ1n) is 9.19. The van der Waals surface area contributed by atoms with Crippen molar-refractivity contribution in [2.75, 3.05) is 39.5 Å². The Morgan fingerprint density at radius 3 is 2.87 bits per heavy atom. The van der Waals surface area contributed by atoms with E-state index < -0.39 is 0 Å². The molecule has 1 aliphatic carbocycles. The molecule has 6 nitrogen and oxygen atoms in total. The third-order valence-corrected chi connectivity index (χ3v) is 4.53. The van der Waals surface area contributed by atoms with Gasteiger partial charge in [-0.3, -0.25) is 4.99 Å². The van der Waals surface area contributed by atoms with E-state index in [1.165, 1.54) is 0 Å². The third kappa shape index (κ3) is 7.06. The minimum Gasteiger partial charge on any atom is -0.393 e. The lowest BCUT2D eigenvalue weighted by Crippen LogP contribution is -2.38. The summed E-state index contributed by atoms with van der Waals surface area (Å²) in [6.07, 6.45) is 6.49. The Hall–Kier alpha value is -0.850. The molecule has 0 radical (unpaired) electrons. The van der Waals surface area contributed by atoms with Gasteiger partial charge in [0.05, 0.1) is 18.8 Å². The third-order valence-electron chi connectivity index (χ3n) is 4.53. The van der Waals surface area contributed by atoms with Crippen molar-refractivity contribution in [2.45, 2.75) is 57.7 Å². The first-order chi connectivity index (χ1) is 11.3. The molecular formula is C17H33N3O3. The Bertz CT molecular complexity index is 346. The van der Waals surface area contributed by atoms with Gasteiger partial charge < -0.3 is 25.2 Å². The molecule has 0 aromatic heterocycles. The second-order valence-corrected chi connectivity index (χ2v) is 6.47. The van der Waals surface area contributed by atoms with Crippen molar-refractivity contribution in [2.24, 2.45) is 10.9 Å². The zero-order valence-electron chi connectivity index (χ0n) is 14.4. The lowest BCUT2D eigenvalue weighted by molar-refractivity contribution is 0.0168. The van der Waals surface area contributed by atoms with E-state index in [0.29, 0.717) is 25.2 Å². The molecule has 1 saturated heterocycles. The molecule has 23 heavy (non-hydrogen) atoms. The van der Waals surface area contributed by atoms with E-state index in [-0.39, 0.29) is 6.10 Å². The van der Waals surface area contributed by atoms with Crippen LogP contribution in [0.25, 0.3) is 0 Å². The van der Waals surface area contributed by atoms with Crippen LogP contribution >= 0.6 is 0 Å². The number of nitrogens with one attached hydrogen (secondary N) is 2. The summed E-state index contributed by atoms with van der Waals surface area (Å²) in [5.74, 6) is 1.16. The minimum atomic E-state index is -0.173. The monoisotopic (exact) mass is 327 g/mol. The van der Waals surface area contributed by atoms with E-state index in [2.05, 4.69) is 22.5 Å². The number of nitrogens with zero attached hydrogens (tertiary/aromatic N) is 1. The number of rotatable bonds is 9. The lowest BCUT2D eigenvalue weighted by Gasteiger charge is -2.15. The molecule has 3 atom stereocenters. The number of guanidine groups is 1. The van der Waals surface area contributed by atoms with E-state index in [4.69, 9.17) is 9.47 Å². The van der Waals surface area contributed by atoms with Crippen LogP contribution in [0.1, 0.15) is 45.4 Å². The molecule has 2 fully saturated rings. The molecule has 0 aromatic rings. The summed E-state index contributed by atoms with van der Waals surface area (Å²) >= 11 is 0. The van der Waals surface area contributed by atoms with Gasteiger partial charge in [0.15, 0.2) is 5.96 Å². The van der Waals surface area contributed by atoms with E-state index in [1.807, 2.05) is 0 Å². The molecule has 0 amide bonds. The van der Waals surface area contributed by atoms with E-state index in [1.54, 1.807) is 0 Å². The van der Waals surface area contributed by atoms with Crippen molar-refractivity contribution in [3.05, 3.63) is 0 Å². The highest BCUT2D eigenvalue weighted by atomic mass is 16.5. The highest BCUT2D eigenvalue weighted by Gasteiger charge is 2.24. The van der Waals surface area contributed by atoms with Crippen molar-refractivity contribution in [3.8, 4) is 0 Å². The molecule has 1 aliphatic heterocycles. The van der Waals surface area contributed by atoms with E-state index in [9.17, 15) is 5.11 Å². The molecule has 1 saturated carbocycles. The Labute approximate surface area is 140 Å². The molecular weight excluding hydrogens is 294 g/mol. The van der Waals surface area contributed by atoms with Crippen LogP contribution in [-0.2, 0) is 9.47 Å². The SMILES string of the molecule is CCNC(=NCC1CCCC1O)NCCCOCC1CCCO1. The molecule has 134 valence electrons. The van der Waals surface area contributed by atoms with Crippen LogP contribution in [0.5, 0.6) is 0 Å². The molecule has 0 spiro atoms. The van der Waals surface area contributed by atoms with Gasteiger partial charge in [0.25, 0.3) is 0 Å². The van der Waals surface area contributed by atoms with Gasteiger partial charge in [0.2, 0.25) is 0 Å². The van der Waals surface area contributed by atoms with Gasteiger partial charge in [-0.25, -0.2) is 0 Å². The van der Waals surface area contributed by atoms with Gasteiger partial charge in [-0.1, -0.05) is 6.42 Å². The van der Waals surface area contributed by atoms with Crippen LogP contribution in [-0.4, -0.2) is 62.7 Å². The normalized spacial score (nSPS) is 28.3. The van der Waals surface area contributed by atoms with Gasteiger partial charge in [0, 0.05) is 38.8 Å². The van der Waals surface area contributed by atoms with Crippen LogP contribution < -0.4 is 10.6 Å². The number of hydrogen-bond acceptors (Lipinski definition) is 4. The molecule has 2 aliphatic rings. The zero-order valence-corrected chi connectivity index (χ0v) is 14.4. The van der Waals surface area contributed by atoms with E-state index in [0.717, 1.165) is 70.8 Å². The average Bonchev–Trinajstić information content (AvgIpc) is 3.20. The van der Waals surface area contributed by atoms with Gasteiger partial charge in [-0.05, 0) is 39.0 Å². The Kier molecular flexibility index (Phi) is 8.71. The molecule has 0 aromatic carbocycles. The molecule has 3 N–H and O–H groups in total. The summed E-state index contributed by atoms with van der Waals surface area (Å²) in [5, 5.41) is 16.4. The number of aliphatic hydroxyl groups excluding tert-OH is 1. The van der Waals surface area contributed by atoms with Gasteiger partial charge in [0.1, 0.15) is 0 Å². The van der Waals surface area contributed by atoms with Crippen LogP contribution in [0.4, 0.5) is 0 Å². The summed E-state index contributed by atoms with van der Waals surface area (Å²) in [4.78, 5) is 4.60. The number of ether oxygens (including phenoxy) is 2. The fraction of sp³-hybridized carbons (Fsp3) is 0.941. The van der Waals surface area contributed by atoms with Gasteiger partial charge in [-0.2, -0.15) is 0 Å². The summed E-state index contributed by atoms with van der Waals surface area (Å²) in [7, 11) is 0. The minimum absolute atomic E-state index is 0.173. The summed E-state index contributed by atoms with van der Waals surface area (Å²) < 4.78 is 11.2. The topological polar surface area (TPSA) is 75.1 Å². The van der Waals surface area contributed by atoms with Crippen molar-refractivity contribution in [1.82, 2.24) is 10.6 Å². The van der Waals surface area contributed by atoms with Crippen molar-refractivity contribution < 1.29 is 14.6 Å². The maximum Gasteiger partial charge on any atom is 0.191 e. The van der Waals surface area contributed by atoms with Crippen molar-refractivity contribution >= 4 is 5.96 Å². The molecule has 2 rings (SSSR count). The van der Waals surface area contributed by atoms with Crippen LogP contribution in [0, 0.1) is 5.92 Å². The maximum absolute atomic E-state index is 9.86. The van der Waals surface area contributed by atoms with Crippen LogP contribution in [0.15, 0.2) is 4.99 Å². The second kappa shape index (κ2) is 10.8. The summed E-state index contributed by atoms with van der Waals surface area (Å²) in [5.41, 5.74) is 0. The number of aliphatic imine (C=N–C) groups is 1. The first-order valence-corrected chi connectivity index (χ1v) is 9.19. The molecule has 1 heterocycles. The number of hydrogen-bond donors (Lipinski definition) is 3. The maximum atomic E-state index is 9.86. The van der Waals surface area contributed by atoms with Gasteiger partial charge >= 0.3 is 0 Å².